The van der Waals surface area contributed by atoms with Crippen molar-refractivity contribution in [3.63, 3.8) is 0 Å². The fraction of sp³-hybridized carbons (Fsp3) is 0.333. The summed E-state index contributed by atoms with van der Waals surface area (Å²) in [6.45, 7) is 1.95. The molecule has 2 aromatic rings. The molecule has 0 fully saturated rings. The minimum Gasteiger partial charge on any atom is -0.481 e. The molecule has 4 heteroatoms. The second-order valence-electron chi connectivity index (χ2n) is 2.91. The third kappa shape index (κ3) is 1.14. The first kappa shape index (κ1) is 8.04. The number of nitrogens with zero attached hydrogens (tertiary/aromatic N) is 3. The van der Waals surface area contributed by atoms with Gasteiger partial charge in [0.15, 0.2) is 5.65 Å². The van der Waals surface area contributed by atoms with Gasteiger partial charge in [0.05, 0.1) is 7.11 Å². The predicted octanol–water partition coefficient (Wildman–Crippen LogP) is 1.29. The Morgan fingerprint density at radius 3 is 2.77 bits per heavy atom. The van der Waals surface area contributed by atoms with Crippen molar-refractivity contribution < 1.29 is 4.74 Å². The molecule has 0 N–H and O–H groups in total. The summed E-state index contributed by atoms with van der Waals surface area (Å²) < 4.78 is 6.98. The molecule has 0 saturated heterocycles. The van der Waals surface area contributed by atoms with Gasteiger partial charge in [-0.15, -0.1) is 0 Å². The average molecular weight is 177 g/mol. The molecule has 2 aromatic heterocycles. The van der Waals surface area contributed by atoms with Gasteiger partial charge in [-0.05, 0) is 13.0 Å². The quantitative estimate of drug-likeness (QED) is 0.658. The van der Waals surface area contributed by atoms with Crippen LogP contribution >= 0.6 is 0 Å². The fourth-order valence-corrected chi connectivity index (χ4v) is 1.27. The van der Waals surface area contributed by atoms with E-state index in [-0.39, 0.29) is 0 Å². The molecule has 0 aliphatic rings. The van der Waals surface area contributed by atoms with Crippen LogP contribution in [0.25, 0.3) is 11.2 Å². The summed E-state index contributed by atoms with van der Waals surface area (Å²) in [5, 5.41) is 0. The first-order valence-electron chi connectivity index (χ1n) is 4.06. The predicted molar refractivity (Wildman–Crippen MR) is 49.8 cm³/mol. The van der Waals surface area contributed by atoms with Gasteiger partial charge in [-0.3, -0.25) is 0 Å². The smallest absolute Gasteiger partial charge is 0.215 e. The highest BCUT2D eigenvalue weighted by atomic mass is 16.5. The summed E-state index contributed by atoms with van der Waals surface area (Å²) in [6.07, 6.45) is 0. The fourth-order valence-electron chi connectivity index (χ4n) is 1.27. The minimum absolute atomic E-state index is 0.621. The zero-order chi connectivity index (χ0) is 9.42. The third-order valence-electron chi connectivity index (χ3n) is 2.12. The maximum Gasteiger partial charge on any atom is 0.215 e. The van der Waals surface area contributed by atoms with Crippen LogP contribution in [-0.2, 0) is 7.05 Å². The molecule has 0 atom stereocenters. The lowest BCUT2D eigenvalue weighted by Gasteiger charge is -1.98. The molecule has 13 heavy (non-hydrogen) atoms. The van der Waals surface area contributed by atoms with Crippen molar-refractivity contribution in [2.45, 2.75) is 6.92 Å². The van der Waals surface area contributed by atoms with Crippen LogP contribution in [0.2, 0.25) is 0 Å². The molecular formula is C9H11N3O. The number of fused-ring (bicyclic) bond motifs is 1. The largest absolute Gasteiger partial charge is 0.481 e. The van der Waals surface area contributed by atoms with Gasteiger partial charge in [-0.25, -0.2) is 4.98 Å². The van der Waals surface area contributed by atoms with E-state index in [1.807, 2.05) is 30.7 Å². The van der Waals surface area contributed by atoms with Crippen molar-refractivity contribution >= 4 is 11.2 Å². The van der Waals surface area contributed by atoms with Gasteiger partial charge in [-0.1, -0.05) is 0 Å². The second-order valence-corrected chi connectivity index (χ2v) is 2.91. The van der Waals surface area contributed by atoms with Gasteiger partial charge in [-0.2, -0.15) is 4.98 Å². The molecular weight excluding hydrogens is 166 g/mol. The number of hydrogen-bond donors (Lipinski definition) is 0. The summed E-state index contributed by atoms with van der Waals surface area (Å²) in [6, 6.07) is 3.73. The average Bonchev–Trinajstić information content (AvgIpc) is 2.43. The Hall–Kier alpha value is -1.58. The third-order valence-corrected chi connectivity index (χ3v) is 2.12. The van der Waals surface area contributed by atoms with Gasteiger partial charge < -0.3 is 9.30 Å². The summed E-state index contributed by atoms with van der Waals surface area (Å²) in [4.78, 5) is 8.63. The first-order chi connectivity index (χ1) is 6.22. The molecule has 0 unspecified atom stereocenters. The molecule has 0 bridgehead atoms. The Bertz CT molecular complexity index is 447. The Balaban J connectivity index is 2.75. The molecule has 0 amide bonds. The molecule has 0 aliphatic heterocycles. The molecule has 0 saturated carbocycles. The van der Waals surface area contributed by atoms with Crippen LogP contribution in [0.5, 0.6) is 5.88 Å². The molecule has 2 rings (SSSR count). The lowest BCUT2D eigenvalue weighted by Crippen LogP contribution is -1.94. The zero-order valence-electron chi connectivity index (χ0n) is 7.90. The number of rotatable bonds is 1. The van der Waals surface area contributed by atoms with Gasteiger partial charge in [0.1, 0.15) is 11.3 Å². The summed E-state index contributed by atoms with van der Waals surface area (Å²) in [5.74, 6) is 1.58. The molecule has 4 nitrogen and oxygen atoms in total. The topological polar surface area (TPSA) is 39.9 Å². The summed E-state index contributed by atoms with van der Waals surface area (Å²) in [5.41, 5.74) is 1.76. The lowest BCUT2D eigenvalue weighted by atomic mass is 10.4. The number of methoxy groups -OCH3 is 1. The molecule has 2 heterocycles. The molecule has 0 spiro atoms. The molecule has 0 aliphatic carbocycles. The summed E-state index contributed by atoms with van der Waals surface area (Å²) >= 11 is 0. The van der Waals surface area contributed by atoms with E-state index < -0.39 is 0 Å². The zero-order valence-corrected chi connectivity index (χ0v) is 7.90. The van der Waals surface area contributed by atoms with Crippen molar-refractivity contribution in [2.24, 2.45) is 7.05 Å². The highest BCUT2D eigenvalue weighted by Crippen LogP contribution is 2.15. The maximum atomic E-state index is 5.03. The second kappa shape index (κ2) is 2.73. The monoisotopic (exact) mass is 177 g/mol. The van der Waals surface area contributed by atoms with Crippen LogP contribution in [0, 0.1) is 6.92 Å². The van der Waals surface area contributed by atoms with E-state index in [9.17, 15) is 0 Å². The van der Waals surface area contributed by atoms with Crippen LogP contribution in [-0.4, -0.2) is 21.6 Å². The van der Waals surface area contributed by atoms with Crippen LogP contribution in [0.4, 0.5) is 0 Å². The van der Waals surface area contributed by atoms with E-state index in [0.29, 0.717) is 5.88 Å². The van der Waals surface area contributed by atoms with Gasteiger partial charge in [0.2, 0.25) is 5.88 Å². The van der Waals surface area contributed by atoms with E-state index in [0.717, 1.165) is 17.0 Å². The van der Waals surface area contributed by atoms with Crippen molar-refractivity contribution in [3.05, 3.63) is 18.0 Å². The first-order valence-corrected chi connectivity index (χ1v) is 4.06. The van der Waals surface area contributed by atoms with E-state index in [2.05, 4.69) is 9.97 Å². The van der Waals surface area contributed by atoms with Crippen molar-refractivity contribution in [3.8, 4) is 5.88 Å². The number of pyridine rings is 1. The Morgan fingerprint density at radius 1 is 1.31 bits per heavy atom. The number of imidazole rings is 1. The lowest BCUT2D eigenvalue weighted by molar-refractivity contribution is 0.399. The van der Waals surface area contributed by atoms with Crippen molar-refractivity contribution in [1.29, 1.82) is 0 Å². The molecule has 0 aromatic carbocycles. The van der Waals surface area contributed by atoms with Gasteiger partial charge in [0, 0.05) is 13.1 Å². The van der Waals surface area contributed by atoms with E-state index in [4.69, 9.17) is 4.74 Å². The Labute approximate surface area is 76.2 Å². The Kier molecular flexibility index (Phi) is 1.69. The highest BCUT2D eigenvalue weighted by Gasteiger charge is 2.05. The maximum absolute atomic E-state index is 5.03. The summed E-state index contributed by atoms with van der Waals surface area (Å²) in [7, 11) is 3.55. The molecule has 0 radical (unpaired) electrons. The van der Waals surface area contributed by atoms with Gasteiger partial charge in [0.25, 0.3) is 0 Å². The highest BCUT2D eigenvalue weighted by molar-refractivity contribution is 5.72. The normalized spacial score (nSPS) is 10.7. The van der Waals surface area contributed by atoms with E-state index in [1.54, 1.807) is 7.11 Å². The van der Waals surface area contributed by atoms with Gasteiger partial charge >= 0.3 is 0 Å². The van der Waals surface area contributed by atoms with Crippen LogP contribution in [0.15, 0.2) is 12.1 Å². The van der Waals surface area contributed by atoms with E-state index in [1.165, 1.54) is 0 Å². The number of ether oxygens (including phenoxy) is 1. The number of aryl methyl sites for hydroxylation is 2. The Morgan fingerprint density at radius 2 is 2.08 bits per heavy atom. The van der Waals surface area contributed by atoms with Crippen LogP contribution < -0.4 is 4.74 Å². The number of hydrogen-bond acceptors (Lipinski definition) is 3. The van der Waals surface area contributed by atoms with Crippen molar-refractivity contribution in [1.82, 2.24) is 14.5 Å². The van der Waals surface area contributed by atoms with E-state index >= 15 is 0 Å². The number of aromatic nitrogens is 3. The van der Waals surface area contributed by atoms with Crippen LogP contribution in [0.1, 0.15) is 5.82 Å². The SMILES string of the molecule is COc1ccc2nc(C)n(C)c2n1. The molecule has 68 valence electrons. The van der Waals surface area contributed by atoms with Crippen LogP contribution in [0.3, 0.4) is 0 Å². The minimum atomic E-state index is 0.621. The van der Waals surface area contributed by atoms with Crippen molar-refractivity contribution in [2.75, 3.05) is 7.11 Å². The standard InChI is InChI=1S/C9H11N3O/c1-6-10-7-4-5-8(13-3)11-9(7)12(6)2/h4-5H,1-3H3.